The number of benzene rings is 2. The topological polar surface area (TPSA) is 81.9 Å². The summed E-state index contributed by atoms with van der Waals surface area (Å²) in [6.07, 6.45) is 3.75. The van der Waals surface area contributed by atoms with Crippen LogP contribution in [-0.4, -0.2) is 39.3 Å². The zero-order valence-electron chi connectivity index (χ0n) is 16.9. The van der Waals surface area contributed by atoms with Crippen LogP contribution in [0.5, 0.6) is 5.75 Å². The number of thiocarbonyl (C=S) groups is 1. The van der Waals surface area contributed by atoms with E-state index in [4.69, 9.17) is 21.7 Å². The molecule has 2 heterocycles. The third kappa shape index (κ3) is 5.37. The molecule has 1 atom stereocenters. The third-order valence-corrected chi connectivity index (χ3v) is 6.95. The second kappa shape index (κ2) is 10.1. The van der Waals surface area contributed by atoms with Crippen molar-refractivity contribution in [2.75, 3.05) is 13.2 Å². The van der Waals surface area contributed by atoms with Gasteiger partial charge < -0.3 is 9.47 Å². The van der Waals surface area contributed by atoms with Gasteiger partial charge in [0, 0.05) is 28.8 Å². The fourth-order valence-corrected chi connectivity index (χ4v) is 5.07. The number of nitro groups is 1. The number of rotatable bonds is 7. The van der Waals surface area contributed by atoms with Crippen LogP contribution in [0.4, 0.5) is 5.69 Å². The maximum absolute atomic E-state index is 13.0. The van der Waals surface area contributed by atoms with E-state index in [9.17, 15) is 14.9 Å². The van der Waals surface area contributed by atoms with Crippen molar-refractivity contribution in [3.63, 3.8) is 0 Å². The van der Waals surface area contributed by atoms with Gasteiger partial charge in [-0.25, -0.2) is 0 Å². The van der Waals surface area contributed by atoms with Gasteiger partial charge in [0.05, 0.1) is 22.5 Å². The van der Waals surface area contributed by atoms with Gasteiger partial charge in [-0.2, -0.15) is 0 Å². The van der Waals surface area contributed by atoms with Crippen LogP contribution in [0, 0.1) is 10.1 Å². The molecule has 0 aromatic heterocycles. The van der Waals surface area contributed by atoms with Gasteiger partial charge in [0.1, 0.15) is 16.7 Å². The molecule has 0 bridgehead atoms. The van der Waals surface area contributed by atoms with Gasteiger partial charge in [-0.15, -0.1) is 0 Å². The number of hydrogen-bond donors (Lipinski definition) is 0. The lowest BCUT2D eigenvalue weighted by Crippen LogP contribution is -2.35. The molecule has 2 aromatic rings. The van der Waals surface area contributed by atoms with Crippen molar-refractivity contribution >= 4 is 61.9 Å². The summed E-state index contributed by atoms with van der Waals surface area (Å²) in [7, 11) is 0. The second-order valence-electron chi connectivity index (χ2n) is 7.32. The van der Waals surface area contributed by atoms with Crippen LogP contribution in [0.1, 0.15) is 24.0 Å². The number of carbonyl (C=O) groups is 1. The molecular formula is C22H19BrN2O5S2. The Bertz CT molecular complexity index is 1080. The van der Waals surface area contributed by atoms with E-state index in [0.29, 0.717) is 21.5 Å². The molecule has 0 saturated carbocycles. The number of nitro benzene ring substituents is 1. The quantitative estimate of drug-likeness (QED) is 0.206. The van der Waals surface area contributed by atoms with Gasteiger partial charge >= 0.3 is 0 Å². The summed E-state index contributed by atoms with van der Waals surface area (Å²) in [6, 6.07) is 11.7. The van der Waals surface area contributed by atoms with Crippen molar-refractivity contribution in [2.45, 2.75) is 25.6 Å². The number of non-ortho nitro benzene ring substituents is 1. The Morgan fingerprint density at radius 2 is 2.09 bits per heavy atom. The molecule has 0 unspecified atom stereocenters. The Morgan fingerprint density at radius 1 is 1.31 bits per heavy atom. The van der Waals surface area contributed by atoms with Crippen LogP contribution in [0.3, 0.4) is 0 Å². The average molecular weight is 535 g/mol. The number of halogens is 1. The van der Waals surface area contributed by atoms with Crippen molar-refractivity contribution in [1.82, 2.24) is 4.90 Å². The predicted octanol–water partition coefficient (Wildman–Crippen LogP) is 5.32. The molecule has 7 nitrogen and oxygen atoms in total. The van der Waals surface area contributed by atoms with Crippen LogP contribution in [0.2, 0.25) is 0 Å². The highest BCUT2D eigenvalue weighted by Crippen LogP contribution is 2.36. The Hall–Kier alpha value is -2.27. The molecule has 0 aliphatic carbocycles. The Balaban J connectivity index is 1.50. The van der Waals surface area contributed by atoms with E-state index in [2.05, 4.69) is 15.9 Å². The first-order chi connectivity index (χ1) is 15.4. The normalized spacial score (nSPS) is 19.7. The number of amides is 1. The molecular weight excluding hydrogens is 516 g/mol. The van der Waals surface area contributed by atoms with Gasteiger partial charge in [-0.05, 0) is 54.8 Å². The summed E-state index contributed by atoms with van der Waals surface area (Å²) in [4.78, 5) is 25.5. The highest BCUT2D eigenvalue weighted by molar-refractivity contribution is 9.10. The van der Waals surface area contributed by atoms with Crippen molar-refractivity contribution in [2.24, 2.45) is 0 Å². The van der Waals surface area contributed by atoms with Crippen molar-refractivity contribution in [3.8, 4) is 5.75 Å². The summed E-state index contributed by atoms with van der Waals surface area (Å²) in [5.74, 6) is 0.466. The second-order valence-corrected chi connectivity index (χ2v) is 9.91. The number of nitrogens with zero attached hydrogens (tertiary/aromatic N) is 2. The standard InChI is InChI=1S/C22H19BrN2O5S2/c23-16-5-8-19(30-13-14-3-6-17(7-4-14)25(27)28)15(10-16)11-20-21(26)24(22(31)32-20)12-18-2-1-9-29-18/h3-8,10-11,18H,1-2,9,12-13H2/b20-11-/t18-/m1/s1. The van der Waals surface area contributed by atoms with E-state index in [1.165, 1.54) is 23.9 Å². The lowest BCUT2D eigenvalue weighted by molar-refractivity contribution is -0.384. The minimum absolute atomic E-state index is 0.0307. The Kier molecular flexibility index (Phi) is 7.24. The van der Waals surface area contributed by atoms with Crippen molar-refractivity contribution in [3.05, 3.63) is 73.1 Å². The third-order valence-electron chi connectivity index (χ3n) is 5.08. The van der Waals surface area contributed by atoms with Gasteiger partial charge in [-0.1, -0.05) is 39.9 Å². The molecule has 2 aliphatic heterocycles. The zero-order valence-corrected chi connectivity index (χ0v) is 20.1. The van der Waals surface area contributed by atoms with E-state index in [1.54, 1.807) is 23.1 Å². The molecule has 10 heteroatoms. The highest BCUT2D eigenvalue weighted by Gasteiger charge is 2.34. The molecule has 0 spiro atoms. The predicted molar refractivity (Wildman–Crippen MR) is 130 cm³/mol. The van der Waals surface area contributed by atoms with E-state index < -0.39 is 4.92 Å². The molecule has 2 fully saturated rings. The molecule has 166 valence electrons. The molecule has 0 radical (unpaired) electrons. The minimum Gasteiger partial charge on any atom is -0.488 e. The summed E-state index contributed by atoms with van der Waals surface area (Å²) in [6.45, 7) is 1.44. The Labute approximate surface area is 203 Å². The summed E-state index contributed by atoms with van der Waals surface area (Å²) >= 11 is 10.2. The molecule has 2 aromatic carbocycles. The summed E-state index contributed by atoms with van der Waals surface area (Å²) in [5.41, 5.74) is 1.56. The van der Waals surface area contributed by atoms with Gasteiger partial charge in [-0.3, -0.25) is 19.8 Å². The first kappa shape index (κ1) is 22.9. The maximum atomic E-state index is 13.0. The fourth-order valence-electron chi connectivity index (χ4n) is 3.43. The number of carbonyl (C=O) groups excluding carboxylic acids is 1. The first-order valence-electron chi connectivity index (χ1n) is 9.93. The molecule has 32 heavy (non-hydrogen) atoms. The van der Waals surface area contributed by atoms with Gasteiger partial charge in [0.15, 0.2) is 0 Å². The first-order valence-corrected chi connectivity index (χ1v) is 11.9. The largest absolute Gasteiger partial charge is 0.488 e. The van der Waals surface area contributed by atoms with Crippen molar-refractivity contribution < 1.29 is 19.2 Å². The zero-order chi connectivity index (χ0) is 22.7. The highest BCUT2D eigenvalue weighted by atomic mass is 79.9. The maximum Gasteiger partial charge on any atom is 0.269 e. The van der Waals surface area contributed by atoms with Crippen LogP contribution in [0.25, 0.3) is 6.08 Å². The molecule has 4 rings (SSSR count). The molecule has 1 amide bonds. The van der Waals surface area contributed by atoms with Crippen molar-refractivity contribution in [1.29, 1.82) is 0 Å². The van der Waals surface area contributed by atoms with Gasteiger partial charge in [0.2, 0.25) is 0 Å². The minimum atomic E-state index is -0.438. The lowest BCUT2D eigenvalue weighted by Gasteiger charge is -2.18. The van der Waals surface area contributed by atoms with Crippen LogP contribution >= 0.6 is 39.9 Å². The van der Waals surface area contributed by atoms with Crippen LogP contribution in [-0.2, 0) is 16.1 Å². The van der Waals surface area contributed by atoms with E-state index in [-0.39, 0.29) is 24.3 Å². The lowest BCUT2D eigenvalue weighted by atomic mass is 10.1. The molecule has 2 aliphatic rings. The Morgan fingerprint density at radius 3 is 2.78 bits per heavy atom. The van der Waals surface area contributed by atoms with E-state index >= 15 is 0 Å². The summed E-state index contributed by atoms with van der Waals surface area (Å²) in [5, 5.41) is 10.8. The van der Waals surface area contributed by atoms with E-state index in [1.807, 2.05) is 18.2 Å². The number of thioether (sulfide) groups is 1. The monoisotopic (exact) mass is 534 g/mol. The van der Waals surface area contributed by atoms with E-state index in [0.717, 1.165) is 35.0 Å². The smallest absolute Gasteiger partial charge is 0.269 e. The average Bonchev–Trinajstić information content (AvgIpc) is 3.38. The molecule has 2 saturated heterocycles. The SMILES string of the molecule is O=C1/C(=C/c2cc(Br)ccc2OCc2ccc([N+](=O)[O-])cc2)SC(=S)N1C[C@H]1CCCO1. The summed E-state index contributed by atoms with van der Waals surface area (Å²) < 4.78 is 13.0. The molecule has 0 N–H and O–H groups in total. The van der Waals surface area contributed by atoms with Crippen LogP contribution in [0.15, 0.2) is 51.8 Å². The fraction of sp³-hybridized carbons (Fsp3) is 0.273. The number of hydrogen-bond acceptors (Lipinski definition) is 7. The van der Waals surface area contributed by atoms with Crippen LogP contribution < -0.4 is 4.74 Å². The van der Waals surface area contributed by atoms with Gasteiger partial charge in [0.25, 0.3) is 11.6 Å². The number of ether oxygens (including phenoxy) is 2.